The molecule has 0 unspecified atom stereocenters. The van der Waals surface area contributed by atoms with E-state index >= 15 is 0 Å². The van der Waals surface area contributed by atoms with Crippen molar-refractivity contribution in [1.82, 2.24) is 0 Å². The topological polar surface area (TPSA) is 82.8 Å². The summed E-state index contributed by atoms with van der Waals surface area (Å²) in [4.78, 5) is 18.1. The highest BCUT2D eigenvalue weighted by atomic mass is 32.1. The first-order chi connectivity index (χ1) is 32.4. The van der Waals surface area contributed by atoms with Crippen LogP contribution in [-0.2, 0) is 30.5 Å². The Hall–Kier alpha value is -6.40. The van der Waals surface area contributed by atoms with E-state index < -0.39 is 5.97 Å². The average molecular weight is 911 g/mol. The van der Waals surface area contributed by atoms with E-state index in [-0.39, 0.29) is 5.57 Å². The van der Waals surface area contributed by atoms with Crippen molar-refractivity contribution in [1.29, 1.82) is 5.26 Å². The van der Waals surface area contributed by atoms with Crippen LogP contribution in [-0.4, -0.2) is 24.3 Å². The predicted molar refractivity (Wildman–Crippen MR) is 275 cm³/mol. The van der Waals surface area contributed by atoms with E-state index in [1.807, 2.05) is 23.5 Å². The summed E-state index contributed by atoms with van der Waals surface area (Å²) in [6, 6.07) is 50.0. The number of carbonyl (C=O) groups is 1. The Balaban J connectivity index is 1.00. The molecule has 8 heteroatoms. The van der Waals surface area contributed by atoms with Crippen LogP contribution in [0.2, 0.25) is 0 Å². The number of hydrogen-bond acceptors (Lipinski definition) is 7. The Morgan fingerprint density at radius 2 is 1.08 bits per heavy atom. The first-order valence-electron chi connectivity index (χ1n) is 23.5. The van der Waals surface area contributed by atoms with Crippen LogP contribution in [0.5, 0.6) is 11.5 Å². The number of carboxylic acids is 1. The molecule has 0 amide bonds. The summed E-state index contributed by atoms with van der Waals surface area (Å²) in [7, 11) is 0. The molecule has 0 fully saturated rings. The number of rotatable bonds is 20. The molecule has 2 heterocycles. The summed E-state index contributed by atoms with van der Waals surface area (Å²) in [5, 5.41) is 18.7. The maximum absolute atomic E-state index is 11.5. The van der Waals surface area contributed by atoms with Crippen LogP contribution < -0.4 is 14.4 Å². The van der Waals surface area contributed by atoms with E-state index in [4.69, 9.17) is 9.47 Å². The van der Waals surface area contributed by atoms with Gasteiger partial charge in [0.05, 0.1) is 13.2 Å². The summed E-state index contributed by atoms with van der Waals surface area (Å²) in [6.07, 6.45) is 14.5. The number of anilines is 3. The molecule has 66 heavy (non-hydrogen) atoms. The molecule has 6 nitrogen and oxygen atoms in total. The second-order valence-corrected chi connectivity index (χ2v) is 19.2. The van der Waals surface area contributed by atoms with Gasteiger partial charge in [-0.2, -0.15) is 5.26 Å². The highest BCUT2D eigenvalue weighted by Crippen LogP contribution is 2.41. The SMILES string of the molecule is CCCCCCOc1ccc(N(c2ccc(OCCCCCC)cc2)c2ccc(-c3ccc(-c4cc5ccc4CCc4ccc(c(-c6ccc(/C=C(/C#N)C(=O)O)s6)c4)CC5)s3)cc2)cc1. The van der Waals surface area contributed by atoms with E-state index in [1.165, 1.54) is 105 Å². The van der Waals surface area contributed by atoms with Crippen LogP contribution in [0.25, 0.3) is 37.4 Å². The van der Waals surface area contributed by atoms with E-state index in [0.717, 1.165) is 90.1 Å². The Kier molecular flexibility index (Phi) is 15.9. The molecular formula is C58H58N2O4S2. The van der Waals surface area contributed by atoms with Crippen molar-refractivity contribution in [2.75, 3.05) is 18.1 Å². The monoisotopic (exact) mass is 910 g/mol. The van der Waals surface area contributed by atoms with Crippen molar-refractivity contribution in [3.8, 4) is 48.9 Å². The number of aryl methyl sites for hydroxylation is 4. The molecule has 0 aliphatic heterocycles. The number of carboxylic acid groups (broad SMARTS) is 1. The molecule has 2 aromatic heterocycles. The second kappa shape index (κ2) is 22.7. The van der Waals surface area contributed by atoms with Crippen molar-refractivity contribution >= 4 is 51.8 Å². The van der Waals surface area contributed by atoms with E-state index in [1.54, 1.807) is 6.07 Å². The quantitative estimate of drug-likeness (QED) is 0.0466. The largest absolute Gasteiger partial charge is 0.494 e. The van der Waals surface area contributed by atoms with Gasteiger partial charge in [0.1, 0.15) is 23.1 Å². The highest BCUT2D eigenvalue weighted by Gasteiger charge is 2.18. The average Bonchev–Trinajstić information content (AvgIpc) is 4.03. The van der Waals surface area contributed by atoms with Gasteiger partial charge in [-0.1, -0.05) is 101 Å². The molecule has 0 saturated carbocycles. The Morgan fingerprint density at radius 3 is 1.58 bits per heavy atom. The normalized spacial score (nSPS) is 12.3. The van der Waals surface area contributed by atoms with Crippen LogP contribution in [0.3, 0.4) is 0 Å². The number of thiophene rings is 2. The zero-order chi connectivity index (χ0) is 45.7. The fraction of sp³-hybridized carbons (Fsp3) is 0.276. The molecule has 0 saturated heterocycles. The van der Waals surface area contributed by atoms with E-state index in [0.29, 0.717) is 0 Å². The minimum Gasteiger partial charge on any atom is -0.494 e. The third-order valence-corrected chi connectivity index (χ3v) is 14.5. The predicted octanol–water partition coefficient (Wildman–Crippen LogP) is 16.1. The van der Waals surface area contributed by atoms with Gasteiger partial charge in [0.2, 0.25) is 0 Å². The van der Waals surface area contributed by atoms with Gasteiger partial charge in [-0.3, -0.25) is 0 Å². The lowest BCUT2D eigenvalue weighted by Gasteiger charge is -2.26. The maximum atomic E-state index is 11.5. The minimum atomic E-state index is -1.21. The zero-order valence-corrected chi connectivity index (χ0v) is 39.7. The van der Waals surface area contributed by atoms with Gasteiger partial charge in [0.25, 0.3) is 0 Å². The molecule has 5 aromatic carbocycles. The number of benzene rings is 5. The maximum Gasteiger partial charge on any atom is 0.346 e. The standard InChI is InChI=1S/C58H58N2O4S2/c1-3-5-7-9-35-63-50-27-23-48(24-28-50)60(49-25-29-51(30-26-49)64-36-10-8-6-4-2)47-21-19-45(20-22-47)55-33-34-57(66-55)54-38-42-12-16-43-15-11-41(13-17-44(54)18-14-42)37-53(43)56-32-31-52(65-56)39-46(40-59)58(61)62/h11,14-15,18-34,37-39H,3-10,12-13,16-17,35-36H2,1-2H3,(H,61,62)/b46-39-. The molecule has 4 bridgehead atoms. The lowest BCUT2D eigenvalue weighted by Crippen LogP contribution is -2.10. The third kappa shape index (κ3) is 11.7. The van der Waals surface area contributed by atoms with E-state index in [9.17, 15) is 15.2 Å². The number of unbranched alkanes of at least 4 members (excludes halogenated alkanes) is 6. The lowest BCUT2D eigenvalue weighted by atomic mass is 9.90. The van der Waals surface area contributed by atoms with Crippen LogP contribution in [0.4, 0.5) is 17.1 Å². The van der Waals surface area contributed by atoms with Gasteiger partial charge in [0, 0.05) is 36.6 Å². The number of hydrogen-bond donors (Lipinski definition) is 1. The van der Waals surface area contributed by atoms with E-state index in [2.05, 4.69) is 140 Å². The number of aliphatic carboxylic acids is 1. The van der Waals surface area contributed by atoms with Gasteiger partial charge in [-0.05, 0) is 168 Å². The van der Waals surface area contributed by atoms with Gasteiger partial charge in [0.15, 0.2) is 0 Å². The second-order valence-electron chi connectivity index (χ2n) is 17.0. The van der Waals surface area contributed by atoms with Crippen molar-refractivity contribution in [2.45, 2.75) is 90.9 Å². The molecule has 11 rings (SSSR count). The fourth-order valence-electron chi connectivity index (χ4n) is 8.55. The molecular weight excluding hydrogens is 853 g/mol. The minimum absolute atomic E-state index is 0.260. The summed E-state index contributed by atoms with van der Waals surface area (Å²) in [5.41, 5.74) is 11.8. The first kappa shape index (κ1) is 46.1. The Morgan fingerprint density at radius 1 is 0.591 bits per heavy atom. The first-order valence-corrected chi connectivity index (χ1v) is 25.2. The molecule has 4 aliphatic rings. The zero-order valence-electron chi connectivity index (χ0n) is 38.1. The van der Waals surface area contributed by atoms with Crippen LogP contribution in [0, 0.1) is 11.3 Å². The smallest absolute Gasteiger partial charge is 0.346 e. The molecule has 336 valence electrons. The van der Waals surface area contributed by atoms with Gasteiger partial charge in [-0.15, -0.1) is 22.7 Å². The summed E-state index contributed by atoms with van der Waals surface area (Å²) in [5.74, 6) is 0.579. The summed E-state index contributed by atoms with van der Waals surface area (Å²) in [6.45, 7) is 5.93. The van der Waals surface area contributed by atoms with Gasteiger partial charge < -0.3 is 19.5 Å². The summed E-state index contributed by atoms with van der Waals surface area (Å²) >= 11 is 3.37. The van der Waals surface area contributed by atoms with Crippen molar-refractivity contribution in [3.63, 3.8) is 0 Å². The molecule has 0 radical (unpaired) electrons. The molecule has 0 spiro atoms. The number of ether oxygens (including phenoxy) is 2. The summed E-state index contributed by atoms with van der Waals surface area (Å²) < 4.78 is 12.2. The molecule has 4 aliphatic carbocycles. The Bertz CT molecular complexity index is 2720. The Labute approximate surface area is 398 Å². The van der Waals surface area contributed by atoms with Crippen molar-refractivity contribution in [2.24, 2.45) is 0 Å². The van der Waals surface area contributed by atoms with Gasteiger partial charge >= 0.3 is 5.97 Å². The number of nitriles is 1. The fourth-order valence-corrected chi connectivity index (χ4v) is 10.6. The highest BCUT2D eigenvalue weighted by molar-refractivity contribution is 7.18. The molecule has 7 aromatic rings. The van der Waals surface area contributed by atoms with Crippen molar-refractivity contribution < 1.29 is 19.4 Å². The molecule has 1 N–H and O–H groups in total. The molecule has 0 atom stereocenters. The van der Waals surface area contributed by atoms with Crippen LogP contribution >= 0.6 is 22.7 Å². The van der Waals surface area contributed by atoms with Crippen LogP contribution in [0.15, 0.2) is 139 Å². The van der Waals surface area contributed by atoms with Gasteiger partial charge in [-0.25, -0.2) is 4.79 Å². The third-order valence-electron chi connectivity index (χ3n) is 12.2. The number of nitrogens with zero attached hydrogens (tertiary/aromatic N) is 2. The lowest BCUT2D eigenvalue weighted by molar-refractivity contribution is -0.132. The van der Waals surface area contributed by atoms with Crippen LogP contribution in [0.1, 0.15) is 92.3 Å². The van der Waals surface area contributed by atoms with Crippen molar-refractivity contribution in [3.05, 3.63) is 166 Å².